The number of nitriles is 1. The third-order valence-corrected chi connectivity index (χ3v) is 4.61. The van der Waals surface area contributed by atoms with Crippen molar-refractivity contribution in [2.75, 3.05) is 0 Å². The number of aliphatic hydroxyl groups excluding tert-OH is 1. The summed E-state index contributed by atoms with van der Waals surface area (Å²) < 4.78 is 5.89. The average Bonchev–Trinajstić information content (AvgIpc) is 2.62. The maximum absolute atomic E-state index is 10.7. The molecule has 0 aliphatic heterocycles. The molecule has 2 N–H and O–H groups in total. The lowest BCUT2D eigenvalue weighted by molar-refractivity contribution is 0.110. The standard InChI is InChI=1S/C21H24N2O2.ClH/c1-14(2)23-19-10-8-16-17(21(19)24)9-11-20(18(16)12-22)25-13-15-6-4-3-5-7-15;/h3-7,9,11,14,19,21,23-24H,8,10,13H2,1-2H3;1H. The zero-order valence-corrected chi connectivity index (χ0v) is 15.9. The van der Waals surface area contributed by atoms with Gasteiger partial charge in [0.1, 0.15) is 18.4 Å². The molecule has 0 spiro atoms. The van der Waals surface area contributed by atoms with Crippen molar-refractivity contribution in [3.63, 3.8) is 0 Å². The molecule has 1 aliphatic carbocycles. The summed E-state index contributed by atoms with van der Waals surface area (Å²) in [6.45, 7) is 4.57. The lowest BCUT2D eigenvalue weighted by Gasteiger charge is -2.33. The molecule has 3 rings (SSSR count). The van der Waals surface area contributed by atoms with E-state index in [0.29, 0.717) is 24.0 Å². The second kappa shape index (κ2) is 9.05. The number of benzene rings is 2. The molecule has 0 saturated carbocycles. The summed E-state index contributed by atoms with van der Waals surface area (Å²) in [5.74, 6) is 0.590. The molecule has 0 amide bonds. The minimum Gasteiger partial charge on any atom is -0.488 e. The van der Waals surface area contributed by atoms with E-state index in [0.717, 1.165) is 29.5 Å². The van der Waals surface area contributed by atoms with Crippen molar-refractivity contribution in [1.29, 1.82) is 5.26 Å². The SMILES string of the molecule is CC(C)NC1CCc2c(ccc(OCc3ccccc3)c2C#N)C1O.Cl. The largest absolute Gasteiger partial charge is 0.488 e. The van der Waals surface area contributed by atoms with Crippen LogP contribution in [0.3, 0.4) is 0 Å². The minimum atomic E-state index is -0.596. The average molecular weight is 373 g/mol. The van der Waals surface area contributed by atoms with Gasteiger partial charge in [0.15, 0.2) is 0 Å². The minimum absolute atomic E-state index is 0. The summed E-state index contributed by atoms with van der Waals surface area (Å²) in [5, 5.41) is 23.7. The van der Waals surface area contributed by atoms with Crippen LogP contribution in [0.15, 0.2) is 42.5 Å². The molecular weight excluding hydrogens is 348 g/mol. The van der Waals surface area contributed by atoms with E-state index in [9.17, 15) is 10.4 Å². The van der Waals surface area contributed by atoms with Gasteiger partial charge in [-0.1, -0.05) is 50.2 Å². The van der Waals surface area contributed by atoms with Crippen LogP contribution in [0.25, 0.3) is 0 Å². The lowest BCUT2D eigenvalue weighted by Crippen LogP contribution is -2.42. The first kappa shape index (κ1) is 20.3. The maximum Gasteiger partial charge on any atom is 0.137 e. The number of halogens is 1. The number of nitrogens with one attached hydrogen (secondary N) is 1. The molecule has 26 heavy (non-hydrogen) atoms. The fourth-order valence-electron chi connectivity index (χ4n) is 3.44. The summed E-state index contributed by atoms with van der Waals surface area (Å²) in [7, 11) is 0. The highest BCUT2D eigenvalue weighted by molar-refractivity contribution is 5.85. The van der Waals surface area contributed by atoms with Gasteiger partial charge in [-0.05, 0) is 35.6 Å². The molecule has 0 saturated heterocycles. The summed E-state index contributed by atoms with van der Waals surface area (Å²) in [6, 6.07) is 16.2. The predicted octanol–water partition coefficient (Wildman–Crippen LogP) is 3.91. The molecule has 2 aromatic rings. The van der Waals surface area contributed by atoms with E-state index >= 15 is 0 Å². The van der Waals surface area contributed by atoms with Crippen LogP contribution in [0.4, 0.5) is 0 Å². The Morgan fingerprint density at radius 2 is 1.96 bits per heavy atom. The van der Waals surface area contributed by atoms with Crippen LogP contribution in [0, 0.1) is 11.3 Å². The predicted molar refractivity (Wildman–Crippen MR) is 105 cm³/mol. The molecule has 4 nitrogen and oxygen atoms in total. The Morgan fingerprint density at radius 3 is 2.62 bits per heavy atom. The molecule has 0 bridgehead atoms. The zero-order chi connectivity index (χ0) is 17.8. The van der Waals surface area contributed by atoms with E-state index in [-0.39, 0.29) is 18.4 Å². The van der Waals surface area contributed by atoms with Crippen molar-refractivity contribution >= 4 is 12.4 Å². The second-order valence-electron chi connectivity index (χ2n) is 6.80. The number of ether oxygens (including phenoxy) is 1. The van der Waals surface area contributed by atoms with Gasteiger partial charge in [-0.15, -0.1) is 12.4 Å². The number of nitrogens with zero attached hydrogens (tertiary/aromatic N) is 1. The highest BCUT2D eigenvalue weighted by Gasteiger charge is 2.30. The monoisotopic (exact) mass is 372 g/mol. The molecule has 2 aromatic carbocycles. The Kier molecular flexibility index (Phi) is 7.05. The number of fused-ring (bicyclic) bond motifs is 1. The molecule has 0 heterocycles. The molecular formula is C21H25ClN2O2. The number of rotatable bonds is 5. The molecule has 2 unspecified atom stereocenters. The van der Waals surface area contributed by atoms with Crippen LogP contribution in [-0.4, -0.2) is 17.2 Å². The van der Waals surface area contributed by atoms with Crippen LogP contribution < -0.4 is 10.1 Å². The molecule has 1 aliphatic rings. The zero-order valence-electron chi connectivity index (χ0n) is 15.1. The van der Waals surface area contributed by atoms with Crippen molar-refractivity contribution < 1.29 is 9.84 Å². The van der Waals surface area contributed by atoms with Gasteiger partial charge in [-0.25, -0.2) is 0 Å². The molecule has 2 atom stereocenters. The topological polar surface area (TPSA) is 65.3 Å². The Bertz CT molecular complexity index is 772. The highest BCUT2D eigenvalue weighted by atomic mass is 35.5. The van der Waals surface area contributed by atoms with E-state index in [1.54, 1.807) is 6.07 Å². The molecule has 0 fully saturated rings. The smallest absolute Gasteiger partial charge is 0.137 e. The van der Waals surface area contributed by atoms with Gasteiger partial charge in [-0.2, -0.15) is 5.26 Å². The first-order chi connectivity index (χ1) is 12.1. The van der Waals surface area contributed by atoms with Crippen LogP contribution >= 0.6 is 12.4 Å². The quantitative estimate of drug-likeness (QED) is 0.835. The van der Waals surface area contributed by atoms with Crippen LogP contribution in [-0.2, 0) is 13.0 Å². The van der Waals surface area contributed by atoms with E-state index in [2.05, 4.69) is 25.2 Å². The van der Waals surface area contributed by atoms with Crippen molar-refractivity contribution in [1.82, 2.24) is 5.32 Å². The fraction of sp³-hybridized carbons (Fsp3) is 0.381. The van der Waals surface area contributed by atoms with Crippen LogP contribution in [0.5, 0.6) is 5.75 Å². The normalized spacial score (nSPS) is 18.6. The molecule has 5 heteroatoms. The van der Waals surface area contributed by atoms with Crippen molar-refractivity contribution in [3.05, 3.63) is 64.7 Å². The van der Waals surface area contributed by atoms with Gasteiger partial charge in [-0.3, -0.25) is 0 Å². The number of hydrogen-bond acceptors (Lipinski definition) is 4. The van der Waals surface area contributed by atoms with Crippen LogP contribution in [0.1, 0.15) is 48.6 Å². The van der Waals surface area contributed by atoms with Gasteiger partial charge < -0.3 is 15.2 Å². The number of aliphatic hydroxyl groups is 1. The Labute approximate surface area is 161 Å². The summed E-state index contributed by atoms with van der Waals surface area (Å²) >= 11 is 0. The van der Waals surface area contributed by atoms with Gasteiger partial charge in [0.25, 0.3) is 0 Å². The fourth-order valence-corrected chi connectivity index (χ4v) is 3.44. The van der Waals surface area contributed by atoms with E-state index < -0.39 is 6.10 Å². The Morgan fingerprint density at radius 1 is 1.23 bits per heavy atom. The van der Waals surface area contributed by atoms with E-state index in [4.69, 9.17) is 4.74 Å². The van der Waals surface area contributed by atoms with Crippen molar-refractivity contribution in [2.24, 2.45) is 0 Å². The van der Waals surface area contributed by atoms with Crippen molar-refractivity contribution in [2.45, 2.75) is 51.5 Å². The van der Waals surface area contributed by atoms with Gasteiger partial charge in [0, 0.05) is 12.1 Å². The lowest BCUT2D eigenvalue weighted by atomic mass is 9.83. The second-order valence-corrected chi connectivity index (χ2v) is 6.80. The van der Waals surface area contributed by atoms with Crippen LogP contribution in [0.2, 0.25) is 0 Å². The summed E-state index contributed by atoms with van der Waals surface area (Å²) in [4.78, 5) is 0. The highest BCUT2D eigenvalue weighted by Crippen LogP contribution is 2.36. The third kappa shape index (κ3) is 4.37. The third-order valence-electron chi connectivity index (χ3n) is 4.61. The Balaban J connectivity index is 0.00000243. The Hall–Kier alpha value is -2.06. The van der Waals surface area contributed by atoms with E-state index in [1.807, 2.05) is 36.4 Å². The summed E-state index contributed by atoms with van der Waals surface area (Å²) in [6.07, 6.45) is 0.979. The van der Waals surface area contributed by atoms with Gasteiger partial charge >= 0.3 is 0 Å². The maximum atomic E-state index is 10.7. The van der Waals surface area contributed by atoms with Gasteiger partial charge in [0.05, 0.1) is 11.7 Å². The van der Waals surface area contributed by atoms with Gasteiger partial charge in [0.2, 0.25) is 0 Å². The molecule has 138 valence electrons. The summed E-state index contributed by atoms with van der Waals surface area (Å²) in [5.41, 5.74) is 3.37. The first-order valence-electron chi connectivity index (χ1n) is 8.77. The van der Waals surface area contributed by atoms with Crippen molar-refractivity contribution in [3.8, 4) is 11.8 Å². The van der Waals surface area contributed by atoms with E-state index in [1.165, 1.54) is 0 Å². The molecule has 0 aromatic heterocycles. The molecule has 0 radical (unpaired) electrons. The number of hydrogen-bond donors (Lipinski definition) is 2. The first-order valence-corrected chi connectivity index (χ1v) is 8.77.